The second kappa shape index (κ2) is 10.7. The van der Waals surface area contributed by atoms with Crippen molar-refractivity contribution in [3.63, 3.8) is 0 Å². The number of aromatic nitrogens is 2. The molecule has 1 aliphatic rings. The molecule has 0 saturated carbocycles. The standard InChI is InChI=1S/C27H28ClN5OS/c1-31-14-16-32(17-15-31)26-21(28)10-7-12-23(26)29-25(34)19-35-27-30-22-11-5-6-13-24(22)33(27)18-20-8-3-2-4-9-20/h2-13H,14-19H2,1H3,(H,29,34)/p+1. The molecule has 0 atom stereocenters. The highest BCUT2D eigenvalue weighted by Gasteiger charge is 2.23. The first-order chi connectivity index (χ1) is 17.1. The van der Waals surface area contributed by atoms with Crippen LogP contribution in [-0.2, 0) is 11.3 Å². The summed E-state index contributed by atoms with van der Waals surface area (Å²) in [4.78, 5) is 21.1. The third-order valence-corrected chi connectivity index (χ3v) is 7.59. The van der Waals surface area contributed by atoms with Crippen LogP contribution in [0.25, 0.3) is 11.0 Å². The quantitative estimate of drug-likeness (QED) is 0.283. The average Bonchev–Trinajstić information content (AvgIpc) is 3.22. The molecule has 8 heteroatoms. The minimum absolute atomic E-state index is 0.0578. The van der Waals surface area contributed by atoms with E-state index in [1.165, 1.54) is 17.3 Å². The molecule has 4 aromatic rings. The molecule has 180 valence electrons. The lowest BCUT2D eigenvalue weighted by Gasteiger charge is -2.35. The molecule has 0 bridgehead atoms. The molecule has 1 fully saturated rings. The number of thioether (sulfide) groups is 1. The van der Waals surface area contributed by atoms with Crippen molar-refractivity contribution in [1.29, 1.82) is 0 Å². The summed E-state index contributed by atoms with van der Waals surface area (Å²) in [5.74, 6) is 0.230. The molecule has 0 spiro atoms. The number of aromatic amines is 1. The van der Waals surface area contributed by atoms with Crippen LogP contribution in [0, 0.1) is 0 Å². The predicted octanol–water partition coefficient (Wildman–Crippen LogP) is 4.64. The Morgan fingerprint density at radius 1 is 1.00 bits per heavy atom. The third-order valence-electron chi connectivity index (χ3n) is 6.29. The minimum Gasteiger partial charge on any atom is -0.366 e. The number of likely N-dealkylation sites (N-methyl/N-ethyl adjacent to an activating group) is 1. The number of hydrogen-bond donors (Lipinski definition) is 2. The number of benzene rings is 3. The van der Waals surface area contributed by atoms with Gasteiger partial charge < -0.3 is 15.1 Å². The lowest BCUT2D eigenvalue weighted by molar-refractivity contribution is -0.700. The maximum atomic E-state index is 13.0. The number of anilines is 2. The summed E-state index contributed by atoms with van der Waals surface area (Å²) in [7, 11) is 2.12. The van der Waals surface area contributed by atoms with E-state index >= 15 is 0 Å². The van der Waals surface area contributed by atoms with Gasteiger partial charge in [-0.15, -0.1) is 0 Å². The summed E-state index contributed by atoms with van der Waals surface area (Å²) in [6.45, 7) is 4.43. The van der Waals surface area contributed by atoms with Crippen LogP contribution in [0.3, 0.4) is 0 Å². The Morgan fingerprint density at radius 3 is 2.54 bits per heavy atom. The van der Waals surface area contributed by atoms with E-state index in [-0.39, 0.29) is 11.7 Å². The van der Waals surface area contributed by atoms with E-state index in [2.05, 4.69) is 56.0 Å². The Labute approximate surface area is 214 Å². The molecule has 35 heavy (non-hydrogen) atoms. The number of carbonyl (C=O) groups is 1. The van der Waals surface area contributed by atoms with Gasteiger partial charge in [0.15, 0.2) is 11.0 Å². The summed E-state index contributed by atoms with van der Waals surface area (Å²) >= 11 is 8.09. The van der Waals surface area contributed by atoms with E-state index in [4.69, 9.17) is 11.6 Å². The number of rotatable bonds is 7. The second-order valence-electron chi connectivity index (χ2n) is 8.78. The van der Waals surface area contributed by atoms with Crippen molar-refractivity contribution in [3.05, 3.63) is 83.4 Å². The van der Waals surface area contributed by atoms with Crippen molar-refractivity contribution in [2.24, 2.45) is 0 Å². The van der Waals surface area contributed by atoms with Gasteiger partial charge in [0, 0.05) is 26.2 Å². The van der Waals surface area contributed by atoms with Crippen LogP contribution in [0.4, 0.5) is 11.4 Å². The number of amides is 1. The number of nitrogens with one attached hydrogen (secondary N) is 2. The number of hydrogen-bond acceptors (Lipinski definition) is 4. The van der Waals surface area contributed by atoms with Gasteiger partial charge in [-0.3, -0.25) is 4.79 Å². The van der Waals surface area contributed by atoms with Crippen LogP contribution in [-0.4, -0.2) is 54.8 Å². The molecule has 1 aromatic heterocycles. The maximum absolute atomic E-state index is 13.0. The first-order valence-electron chi connectivity index (χ1n) is 11.8. The number of fused-ring (bicyclic) bond motifs is 1. The molecular weight excluding hydrogens is 478 g/mol. The van der Waals surface area contributed by atoms with E-state index < -0.39 is 0 Å². The van der Waals surface area contributed by atoms with Crippen molar-refractivity contribution in [1.82, 2.24) is 9.88 Å². The van der Waals surface area contributed by atoms with Gasteiger partial charge in [-0.05, 0) is 48.6 Å². The van der Waals surface area contributed by atoms with Gasteiger partial charge in [0.05, 0.1) is 22.2 Å². The Bertz CT molecular complexity index is 1320. The third kappa shape index (κ3) is 5.48. The first-order valence-corrected chi connectivity index (χ1v) is 13.1. The zero-order valence-corrected chi connectivity index (χ0v) is 21.3. The summed E-state index contributed by atoms with van der Waals surface area (Å²) in [5, 5.41) is 4.73. The number of carbonyl (C=O) groups excluding carboxylic acids is 1. The van der Waals surface area contributed by atoms with Crippen molar-refractivity contribution in [2.75, 3.05) is 49.2 Å². The molecule has 0 radical (unpaired) electrons. The van der Waals surface area contributed by atoms with Gasteiger partial charge in [-0.25, -0.2) is 9.55 Å². The molecule has 0 aliphatic carbocycles. The molecule has 2 heterocycles. The highest BCUT2D eigenvalue weighted by atomic mass is 35.5. The summed E-state index contributed by atoms with van der Waals surface area (Å²) < 4.78 is 2.23. The molecule has 3 aromatic carbocycles. The number of nitrogens with zero attached hydrogens (tertiary/aromatic N) is 3. The fourth-order valence-corrected chi connectivity index (χ4v) is 5.57. The predicted molar refractivity (Wildman–Crippen MR) is 145 cm³/mol. The lowest BCUT2D eigenvalue weighted by atomic mass is 10.2. The zero-order chi connectivity index (χ0) is 24.2. The molecule has 6 nitrogen and oxygen atoms in total. The Kier molecular flexibility index (Phi) is 7.27. The van der Waals surface area contributed by atoms with Crippen molar-refractivity contribution >= 4 is 51.7 Å². The maximum Gasteiger partial charge on any atom is 0.317 e. The SMILES string of the molecule is CN1CCN(c2c(Cl)cccc2NC(=O)CSc2[nH]c3ccccc3[n+]2Cc2ccccc2)CC1. The topological polar surface area (TPSA) is 55.2 Å². The van der Waals surface area contributed by atoms with Crippen LogP contribution in [0.15, 0.2) is 78.0 Å². The Balaban J connectivity index is 1.32. The molecule has 1 saturated heterocycles. The van der Waals surface area contributed by atoms with Crippen LogP contribution in [0.1, 0.15) is 5.56 Å². The summed E-state index contributed by atoms with van der Waals surface area (Å²) in [6.07, 6.45) is 0. The largest absolute Gasteiger partial charge is 0.366 e. The molecule has 0 unspecified atom stereocenters. The van der Waals surface area contributed by atoms with Gasteiger partial charge in [0.1, 0.15) is 6.54 Å². The van der Waals surface area contributed by atoms with Crippen molar-refractivity contribution < 1.29 is 9.36 Å². The van der Waals surface area contributed by atoms with E-state index in [0.29, 0.717) is 5.02 Å². The molecule has 1 amide bonds. The monoisotopic (exact) mass is 506 g/mol. The van der Waals surface area contributed by atoms with Crippen molar-refractivity contribution in [3.8, 4) is 0 Å². The number of imidazole rings is 1. The van der Waals surface area contributed by atoms with Crippen molar-refractivity contribution in [2.45, 2.75) is 11.7 Å². The van der Waals surface area contributed by atoms with Gasteiger partial charge in [-0.2, -0.15) is 0 Å². The smallest absolute Gasteiger partial charge is 0.317 e. The van der Waals surface area contributed by atoms with Gasteiger partial charge in [0.25, 0.3) is 0 Å². The average molecular weight is 507 g/mol. The van der Waals surface area contributed by atoms with Gasteiger partial charge in [0.2, 0.25) is 5.91 Å². The van der Waals surface area contributed by atoms with Crippen LogP contribution in [0.5, 0.6) is 0 Å². The first kappa shape index (κ1) is 23.7. The highest BCUT2D eigenvalue weighted by molar-refractivity contribution is 7.99. The molecule has 5 rings (SSSR count). The van der Waals surface area contributed by atoms with E-state index in [0.717, 1.165) is 60.3 Å². The fraction of sp³-hybridized carbons (Fsp3) is 0.259. The number of para-hydroxylation sites is 3. The van der Waals surface area contributed by atoms with Crippen LogP contribution >= 0.6 is 23.4 Å². The summed E-state index contributed by atoms with van der Waals surface area (Å²) in [6, 6.07) is 24.3. The van der Waals surface area contributed by atoms with Crippen LogP contribution in [0.2, 0.25) is 5.02 Å². The Hall–Kier alpha value is -3.00. The fourth-order valence-electron chi connectivity index (χ4n) is 4.43. The van der Waals surface area contributed by atoms with Crippen LogP contribution < -0.4 is 14.8 Å². The van der Waals surface area contributed by atoms with Gasteiger partial charge >= 0.3 is 5.16 Å². The zero-order valence-electron chi connectivity index (χ0n) is 19.7. The van der Waals surface area contributed by atoms with E-state index in [1.54, 1.807) is 0 Å². The highest BCUT2D eigenvalue weighted by Crippen LogP contribution is 2.34. The molecule has 1 aliphatic heterocycles. The van der Waals surface area contributed by atoms with Gasteiger partial charge in [-0.1, -0.05) is 60.1 Å². The summed E-state index contributed by atoms with van der Waals surface area (Å²) in [5.41, 5.74) is 5.06. The number of piperazine rings is 1. The van der Waals surface area contributed by atoms with E-state index in [1.807, 2.05) is 48.5 Å². The second-order valence-corrected chi connectivity index (χ2v) is 10.2. The number of H-pyrrole nitrogens is 1. The Morgan fingerprint density at radius 2 is 1.74 bits per heavy atom. The normalized spacial score (nSPS) is 14.4. The molecular formula is C27H29ClN5OS+. The number of halogens is 1. The molecule has 2 N–H and O–H groups in total. The minimum atomic E-state index is -0.0578. The lowest BCUT2D eigenvalue weighted by Crippen LogP contribution is -2.44. The van der Waals surface area contributed by atoms with E-state index in [9.17, 15) is 4.79 Å².